The van der Waals surface area contributed by atoms with Crippen molar-refractivity contribution in [2.75, 3.05) is 13.1 Å². The molecule has 1 aliphatic heterocycles. The molecule has 128 valence electrons. The smallest absolute Gasteiger partial charge is 0.410 e. The van der Waals surface area contributed by atoms with E-state index in [0.717, 1.165) is 0 Å². The second-order valence-corrected chi connectivity index (χ2v) is 7.44. The Morgan fingerprint density at radius 2 is 2.00 bits per heavy atom. The van der Waals surface area contributed by atoms with E-state index in [1.54, 1.807) is 17.2 Å². The lowest BCUT2D eigenvalue weighted by molar-refractivity contribution is -0.0419. The summed E-state index contributed by atoms with van der Waals surface area (Å²) < 4.78 is 6.77. The van der Waals surface area contributed by atoms with Crippen LogP contribution in [0.3, 0.4) is 0 Å². The number of hydrogen-bond acceptors (Lipinski definition) is 4. The fourth-order valence-corrected chi connectivity index (χ4v) is 2.67. The minimum atomic E-state index is -1.02. The van der Waals surface area contributed by atoms with E-state index in [9.17, 15) is 14.7 Å². The summed E-state index contributed by atoms with van der Waals surface area (Å²) in [4.78, 5) is 25.5. The molecule has 0 aliphatic carbocycles. The van der Waals surface area contributed by atoms with Crippen LogP contribution in [-0.2, 0) is 11.3 Å². The predicted molar refractivity (Wildman–Crippen MR) is 87.7 cm³/mol. The number of aromatic nitrogens is 1. The average Bonchev–Trinajstić information content (AvgIpc) is 2.41. The van der Waals surface area contributed by atoms with E-state index in [1.165, 1.54) is 10.6 Å². The van der Waals surface area contributed by atoms with Crippen molar-refractivity contribution in [1.82, 2.24) is 9.47 Å². The molecule has 23 heavy (non-hydrogen) atoms. The number of hydrogen-bond donors (Lipinski definition) is 1. The molecule has 0 spiro atoms. The van der Waals surface area contributed by atoms with Gasteiger partial charge in [-0.3, -0.25) is 4.79 Å². The molecule has 7 heteroatoms. The first kappa shape index (κ1) is 17.8. The van der Waals surface area contributed by atoms with Crippen molar-refractivity contribution < 1.29 is 14.6 Å². The van der Waals surface area contributed by atoms with Gasteiger partial charge in [-0.05, 0) is 39.7 Å². The molecule has 6 nitrogen and oxygen atoms in total. The van der Waals surface area contributed by atoms with E-state index in [0.29, 0.717) is 31.0 Å². The zero-order chi connectivity index (χ0) is 17.3. The van der Waals surface area contributed by atoms with Crippen LogP contribution >= 0.6 is 11.6 Å². The highest BCUT2D eigenvalue weighted by molar-refractivity contribution is 6.30. The number of ether oxygens (including phenoxy) is 1. The Balaban J connectivity index is 1.97. The van der Waals surface area contributed by atoms with Crippen molar-refractivity contribution in [2.24, 2.45) is 0 Å². The Morgan fingerprint density at radius 1 is 1.39 bits per heavy atom. The van der Waals surface area contributed by atoms with Gasteiger partial charge < -0.3 is 19.3 Å². The molecule has 0 bridgehead atoms. The molecule has 1 aromatic rings. The second-order valence-electron chi connectivity index (χ2n) is 7.00. The van der Waals surface area contributed by atoms with E-state index in [1.807, 2.05) is 20.8 Å². The number of aliphatic hydroxyl groups is 1. The van der Waals surface area contributed by atoms with Crippen LogP contribution in [0.4, 0.5) is 4.79 Å². The fourth-order valence-electron chi connectivity index (χ4n) is 2.52. The van der Waals surface area contributed by atoms with Gasteiger partial charge in [0.2, 0.25) is 0 Å². The normalized spacial score (nSPS) is 17.9. The Labute approximate surface area is 140 Å². The molecule has 1 aliphatic rings. The van der Waals surface area contributed by atoms with Crippen LogP contribution in [-0.4, -0.2) is 45.0 Å². The number of nitrogens with zero attached hydrogens (tertiary/aromatic N) is 2. The maximum absolute atomic E-state index is 12.0. The predicted octanol–water partition coefficient (Wildman–Crippen LogP) is 2.26. The lowest BCUT2D eigenvalue weighted by atomic mass is 9.91. The number of likely N-dealkylation sites (tertiary alicyclic amines) is 1. The van der Waals surface area contributed by atoms with Crippen molar-refractivity contribution in [3.8, 4) is 0 Å². The SMILES string of the molecule is CC(C)(C)OC(=O)N1CCC(O)(Cn2ccc(Cl)cc2=O)CC1. The number of amides is 1. The van der Waals surface area contributed by atoms with Gasteiger partial charge in [0.25, 0.3) is 5.56 Å². The first-order valence-corrected chi connectivity index (χ1v) is 8.02. The van der Waals surface area contributed by atoms with Gasteiger partial charge in [-0.25, -0.2) is 4.79 Å². The van der Waals surface area contributed by atoms with E-state index < -0.39 is 11.2 Å². The van der Waals surface area contributed by atoms with Crippen molar-refractivity contribution in [3.63, 3.8) is 0 Å². The van der Waals surface area contributed by atoms with Crippen molar-refractivity contribution in [2.45, 2.75) is 51.4 Å². The summed E-state index contributed by atoms with van der Waals surface area (Å²) in [6, 6.07) is 2.93. The number of pyridine rings is 1. The lowest BCUT2D eigenvalue weighted by Crippen LogP contribution is -2.50. The summed E-state index contributed by atoms with van der Waals surface area (Å²) in [5.41, 5.74) is -1.81. The molecule has 2 rings (SSSR count). The van der Waals surface area contributed by atoms with Gasteiger partial charge in [0.1, 0.15) is 5.60 Å². The molecular formula is C16H23ClN2O4. The molecule has 0 aromatic carbocycles. The minimum absolute atomic E-state index is 0.186. The first-order valence-electron chi connectivity index (χ1n) is 7.64. The Kier molecular flexibility index (Phi) is 5.06. The second kappa shape index (κ2) is 6.53. The van der Waals surface area contributed by atoms with Gasteiger partial charge in [-0.2, -0.15) is 0 Å². The lowest BCUT2D eigenvalue weighted by Gasteiger charge is -2.38. The zero-order valence-electron chi connectivity index (χ0n) is 13.7. The summed E-state index contributed by atoms with van der Waals surface area (Å²) in [6.45, 7) is 6.43. The van der Waals surface area contributed by atoms with E-state index >= 15 is 0 Å². The number of rotatable bonds is 2. The molecule has 1 saturated heterocycles. The van der Waals surface area contributed by atoms with Crippen molar-refractivity contribution in [1.29, 1.82) is 0 Å². The van der Waals surface area contributed by atoms with Crippen LogP contribution in [0.25, 0.3) is 0 Å². The van der Waals surface area contributed by atoms with Gasteiger partial charge in [-0.15, -0.1) is 0 Å². The highest BCUT2D eigenvalue weighted by Crippen LogP contribution is 2.25. The van der Waals surface area contributed by atoms with Crippen molar-refractivity contribution >= 4 is 17.7 Å². The van der Waals surface area contributed by atoms with Gasteiger partial charge in [0.15, 0.2) is 0 Å². The standard InChI is InChI=1S/C16H23ClN2O4/c1-15(2,3)23-14(21)18-8-5-16(22,6-9-18)11-19-7-4-12(17)10-13(19)20/h4,7,10,22H,5-6,8-9,11H2,1-3H3. The molecule has 2 heterocycles. The average molecular weight is 343 g/mol. The van der Waals surface area contributed by atoms with Crippen LogP contribution in [0.2, 0.25) is 5.02 Å². The minimum Gasteiger partial charge on any atom is -0.444 e. The monoisotopic (exact) mass is 342 g/mol. The summed E-state index contributed by atoms with van der Waals surface area (Å²) in [7, 11) is 0. The van der Waals surface area contributed by atoms with E-state index in [2.05, 4.69) is 0 Å². The number of halogens is 1. The number of carbonyl (C=O) groups excluding carboxylic acids is 1. The largest absolute Gasteiger partial charge is 0.444 e. The summed E-state index contributed by atoms with van der Waals surface area (Å²) in [5, 5.41) is 11.1. The van der Waals surface area contributed by atoms with E-state index in [-0.39, 0.29) is 18.2 Å². The third kappa shape index (κ3) is 4.97. The summed E-state index contributed by atoms with van der Waals surface area (Å²) in [6.07, 6.45) is 1.98. The van der Waals surface area contributed by atoms with Crippen LogP contribution in [0.15, 0.2) is 23.1 Å². The number of piperidine rings is 1. The van der Waals surface area contributed by atoms with Crippen molar-refractivity contribution in [3.05, 3.63) is 33.7 Å². The highest BCUT2D eigenvalue weighted by Gasteiger charge is 2.35. The van der Waals surface area contributed by atoms with Crippen LogP contribution in [0, 0.1) is 0 Å². The molecule has 0 radical (unpaired) electrons. The molecule has 1 N–H and O–H groups in total. The molecule has 0 unspecified atom stereocenters. The Bertz CT molecular complexity index is 628. The Hall–Kier alpha value is -1.53. The van der Waals surface area contributed by atoms with Crippen LogP contribution < -0.4 is 5.56 Å². The van der Waals surface area contributed by atoms with Gasteiger partial charge in [-0.1, -0.05) is 11.6 Å². The number of carbonyl (C=O) groups is 1. The molecule has 0 atom stereocenters. The molecule has 1 aromatic heterocycles. The van der Waals surface area contributed by atoms with Gasteiger partial charge in [0, 0.05) is 30.4 Å². The first-order chi connectivity index (χ1) is 10.6. The Morgan fingerprint density at radius 3 is 2.52 bits per heavy atom. The zero-order valence-corrected chi connectivity index (χ0v) is 14.5. The van der Waals surface area contributed by atoms with Crippen LogP contribution in [0.1, 0.15) is 33.6 Å². The maximum atomic E-state index is 12.0. The quantitative estimate of drug-likeness (QED) is 0.894. The van der Waals surface area contributed by atoms with Gasteiger partial charge in [0.05, 0.1) is 12.1 Å². The summed E-state index contributed by atoms with van der Waals surface area (Å²) >= 11 is 5.77. The van der Waals surface area contributed by atoms with Crippen LogP contribution in [0.5, 0.6) is 0 Å². The maximum Gasteiger partial charge on any atom is 0.410 e. The summed E-state index contributed by atoms with van der Waals surface area (Å²) in [5.74, 6) is 0. The van der Waals surface area contributed by atoms with Gasteiger partial charge >= 0.3 is 6.09 Å². The highest BCUT2D eigenvalue weighted by atomic mass is 35.5. The van der Waals surface area contributed by atoms with E-state index in [4.69, 9.17) is 16.3 Å². The molecule has 0 saturated carbocycles. The molecular weight excluding hydrogens is 320 g/mol. The fraction of sp³-hybridized carbons (Fsp3) is 0.625. The molecule has 1 amide bonds. The topological polar surface area (TPSA) is 71.8 Å². The third-order valence-electron chi connectivity index (χ3n) is 3.77. The molecule has 1 fully saturated rings. The third-order valence-corrected chi connectivity index (χ3v) is 4.00.